The average molecular weight is 306 g/mol. The van der Waals surface area contributed by atoms with Crippen molar-refractivity contribution in [3.05, 3.63) is 53.8 Å². The van der Waals surface area contributed by atoms with Gasteiger partial charge >= 0.3 is 0 Å². The highest BCUT2D eigenvalue weighted by molar-refractivity contribution is 7.93. The summed E-state index contributed by atoms with van der Waals surface area (Å²) in [6.45, 7) is 1.83. The molecule has 110 valence electrons. The standard InChI is InChI=1S/C15H15FN2O2S/c1-10-8-11-4-2-3-5-14(11)18(10)21(19,20)15-9-12(16)6-7-13(15)17/h2-7,9-10H,8,17H2,1H3. The van der Waals surface area contributed by atoms with E-state index in [1.54, 1.807) is 12.1 Å². The van der Waals surface area contributed by atoms with Gasteiger partial charge in [-0.15, -0.1) is 0 Å². The Labute approximate surface area is 123 Å². The summed E-state index contributed by atoms with van der Waals surface area (Å²) in [4.78, 5) is -0.189. The second kappa shape index (κ2) is 4.73. The first-order chi connectivity index (χ1) is 9.91. The molecule has 1 heterocycles. The third kappa shape index (κ3) is 2.15. The molecule has 0 aliphatic carbocycles. The summed E-state index contributed by atoms with van der Waals surface area (Å²) in [5.41, 5.74) is 7.38. The molecule has 21 heavy (non-hydrogen) atoms. The van der Waals surface area contributed by atoms with Crippen LogP contribution in [0.5, 0.6) is 0 Å². The predicted octanol–water partition coefficient (Wildman–Crippen LogP) is 2.55. The number of benzene rings is 2. The fourth-order valence-corrected chi connectivity index (χ4v) is 4.57. The van der Waals surface area contributed by atoms with E-state index in [0.717, 1.165) is 17.7 Å². The van der Waals surface area contributed by atoms with E-state index in [-0.39, 0.29) is 16.6 Å². The normalized spacial score (nSPS) is 17.8. The molecule has 1 aliphatic heterocycles. The van der Waals surface area contributed by atoms with Gasteiger partial charge in [-0.3, -0.25) is 4.31 Å². The molecular formula is C15H15FN2O2S. The molecule has 1 unspecified atom stereocenters. The Morgan fingerprint density at radius 1 is 1.24 bits per heavy atom. The Morgan fingerprint density at radius 2 is 1.95 bits per heavy atom. The molecule has 0 amide bonds. The van der Waals surface area contributed by atoms with Crippen molar-refractivity contribution in [1.82, 2.24) is 0 Å². The third-order valence-corrected chi connectivity index (χ3v) is 5.64. The van der Waals surface area contributed by atoms with E-state index in [4.69, 9.17) is 5.73 Å². The second-order valence-electron chi connectivity index (χ2n) is 5.16. The average Bonchev–Trinajstić information content (AvgIpc) is 2.77. The Morgan fingerprint density at radius 3 is 2.71 bits per heavy atom. The maximum Gasteiger partial charge on any atom is 0.266 e. The van der Waals surface area contributed by atoms with Crippen LogP contribution in [0.25, 0.3) is 0 Å². The summed E-state index contributed by atoms with van der Waals surface area (Å²) in [6.07, 6.45) is 0.630. The van der Waals surface area contributed by atoms with Gasteiger partial charge in [-0.25, -0.2) is 12.8 Å². The topological polar surface area (TPSA) is 63.4 Å². The highest BCUT2D eigenvalue weighted by Gasteiger charge is 2.36. The van der Waals surface area contributed by atoms with Crippen LogP contribution in [0.2, 0.25) is 0 Å². The van der Waals surface area contributed by atoms with E-state index in [9.17, 15) is 12.8 Å². The van der Waals surface area contributed by atoms with Crippen molar-refractivity contribution in [2.45, 2.75) is 24.3 Å². The van der Waals surface area contributed by atoms with Crippen LogP contribution in [0.4, 0.5) is 15.8 Å². The van der Waals surface area contributed by atoms with Gasteiger partial charge in [0.15, 0.2) is 0 Å². The van der Waals surface area contributed by atoms with Crippen LogP contribution in [0.3, 0.4) is 0 Å². The molecule has 0 saturated heterocycles. The molecule has 0 aromatic heterocycles. The lowest BCUT2D eigenvalue weighted by Gasteiger charge is -2.25. The molecule has 0 saturated carbocycles. The van der Waals surface area contributed by atoms with E-state index in [2.05, 4.69) is 0 Å². The van der Waals surface area contributed by atoms with Gasteiger partial charge in [0.25, 0.3) is 10.0 Å². The first-order valence-corrected chi connectivity index (χ1v) is 8.02. The van der Waals surface area contributed by atoms with Crippen molar-refractivity contribution in [3.63, 3.8) is 0 Å². The minimum atomic E-state index is -3.89. The molecule has 1 aliphatic rings. The Kier molecular flexibility index (Phi) is 3.13. The zero-order chi connectivity index (χ0) is 15.2. The Hall–Kier alpha value is -2.08. The highest BCUT2D eigenvalue weighted by Crippen LogP contribution is 2.37. The first kappa shape index (κ1) is 13.9. The number of nitrogens with zero attached hydrogens (tertiary/aromatic N) is 1. The number of nitrogens with two attached hydrogens (primary N) is 1. The monoisotopic (exact) mass is 306 g/mol. The summed E-state index contributed by atoms with van der Waals surface area (Å²) in [6, 6.07) is 10.5. The summed E-state index contributed by atoms with van der Waals surface area (Å²) in [5.74, 6) is -0.622. The van der Waals surface area contributed by atoms with Crippen LogP contribution in [0, 0.1) is 5.82 Å². The van der Waals surface area contributed by atoms with Gasteiger partial charge in [0, 0.05) is 6.04 Å². The number of para-hydroxylation sites is 1. The number of rotatable bonds is 2. The molecule has 2 N–H and O–H groups in total. The molecule has 1 atom stereocenters. The number of halogens is 1. The number of sulfonamides is 1. The zero-order valence-corrected chi connectivity index (χ0v) is 12.3. The lowest BCUT2D eigenvalue weighted by atomic mass is 10.1. The van der Waals surface area contributed by atoms with Gasteiger partial charge in [-0.1, -0.05) is 18.2 Å². The van der Waals surface area contributed by atoms with Crippen molar-refractivity contribution in [3.8, 4) is 0 Å². The minimum absolute atomic E-state index is 0.0491. The van der Waals surface area contributed by atoms with Gasteiger partial charge in [0.1, 0.15) is 10.7 Å². The summed E-state index contributed by atoms with van der Waals surface area (Å²) in [7, 11) is -3.89. The maximum absolute atomic E-state index is 13.4. The number of hydrogen-bond donors (Lipinski definition) is 1. The lowest BCUT2D eigenvalue weighted by Crippen LogP contribution is -2.36. The predicted molar refractivity (Wildman–Crippen MR) is 80.1 cm³/mol. The first-order valence-electron chi connectivity index (χ1n) is 6.58. The largest absolute Gasteiger partial charge is 0.398 e. The highest BCUT2D eigenvalue weighted by atomic mass is 32.2. The van der Waals surface area contributed by atoms with Crippen LogP contribution in [-0.2, 0) is 16.4 Å². The molecule has 0 radical (unpaired) electrons. The van der Waals surface area contributed by atoms with E-state index < -0.39 is 15.8 Å². The Balaban J connectivity index is 2.17. The van der Waals surface area contributed by atoms with Gasteiger partial charge in [0.05, 0.1) is 11.4 Å². The van der Waals surface area contributed by atoms with Crippen LogP contribution in [-0.4, -0.2) is 14.5 Å². The van der Waals surface area contributed by atoms with Crippen molar-refractivity contribution < 1.29 is 12.8 Å². The van der Waals surface area contributed by atoms with Crippen molar-refractivity contribution in [2.24, 2.45) is 0 Å². The van der Waals surface area contributed by atoms with Gasteiger partial charge in [-0.05, 0) is 43.2 Å². The fraction of sp³-hybridized carbons (Fsp3) is 0.200. The second-order valence-corrected chi connectivity index (χ2v) is 6.95. The van der Waals surface area contributed by atoms with E-state index in [1.807, 2.05) is 19.1 Å². The van der Waals surface area contributed by atoms with Gasteiger partial charge < -0.3 is 5.73 Å². The zero-order valence-electron chi connectivity index (χ0n) is 11.5. The fourth-order valence-electron chi connectivity index (χ4n) is 2.74. The quantitative estimate of drug-likeness (QED) is 0.867. The van der Waals surface area contributed by atoms with E-state index >= 15 is 0 Å². The third-order valence-electron chi connectivity index (χ3n) is 3.66. The molecule has 2 aromatic rings. The molecule has 3 rings (SSSR count). The number of anilines is 2. The smallest absolute Gasteiger partial charge is 0.266 e. The molecule has 0 spiro atoms. The minimum Gasteiger partial charge on any atom is -0.398 e. The van der Waals surface area contributed by atoms with Gasteiger partial charge in [-0.2, -0.15) is 0 Å². The van der Waals surface area contributed by atoms with Gasteiger partial charge in [0.2, 0.25) is 0 Å². The summed E-state index contributed by atoms with van der Waals surface area (Å²) < 4.78 is 40.5. The molecular weight excluding hydrogens is 291 g/mol. The van der Waals surface area contributed by atoms with E-state index in [0.29, 0.717) is 12.1 Å². The number of fused-ring (bicyclic) bond motifs is 1. The molecule has 0 fully saturated rings. The molecule has 6 heteroatoms. The number of nitrogen functional groups attached to an aromatic ring is 1. The molecule has 2 aromatic carbocycles. The summed E-state index contributed by atoms with van der Waals surface area (Å²) >= 11 is 0. The molecule has 0 bridgehead atoms. The van der Waals surface area contributed by atoms with Crippen molar-refractivity contribution in [1.29, 1.82) is 0 Å². The lowest BCUT2D eigenvalue weighted by molar-refractivity contribution is 0.580. The summed E-state index contributed by atoms with van der Waals surface area (Å²) in [5, 5.41) is 0. The van der Waals surface area contributed by atoms with Crippen molar-refractivity contribution >= 4 is 21.4 Å². The number of hydrogen-bond acceptors (Lipinski definition) is 3. The maximum atomic E-state index is 13.4. The molecule has 4 nitrogen and oxygen atoms in total. The van der Waals surface area contributed by atoms with Crippen LogP contribution >= 0.6 is 0 Å². The van der Waals surface area contributed by atoms with Crippen LogP contribution in [0.1, 0.15) is 12.5 Å². The van der Waals surface area contributed by atoms with Crippen LogP contribution in [0.15, 0.2) is 47.4 Å². The van der Waals surface area contributed by atoms with E-state index in [1.165, 1.54) is 10.4 Å². The van der Waals surface area contributed by atoms with Crippen LogP contribution < -0.4 is 10.0 Å². The van der Waals surface area contributed by atoms with Crippen molar-refractivity contribution in [2.75, 3.05) is 10.0 Å². The SMILES string of the molecule is CC1Cc2ccccc2N1S(=O)(=O)c1cc(F)ccc1N. The Bertz CT molecular complexity index is 805.